The van der Waals surface area contributed by atoms with E-state index in [1.165, 1.54) is 0 Å². The van der Waals surface area contributed by atoms with Crippen LogP contribution in [-0.2, 0) is 9.63 Å². The van der Waals surface area contributed by atoms with E-state index in [1.54, 1.807) is 20.8 Å². The minimum absolute atomic E-state index is 0.235. The van der Waals surface area contributed by atoms with Gasteiger partial charge in [-0.05, 0) is 32.9 Å². The summed E-state index contributed by atoms with van der Waals surface area (Å²) in [4.78, 5) is 16.0. The first-order valence-corrected chi connectivity index (χ1v) is 4.94. The van der Waals surface area contributed by atoms with Crippen molar-refractivity contribution in [3.8, 4) is 0 Å². The Kier molecular flexibility index (Phi) is 3.55. The van der Waals surface area contributed by atoms with Gasteiger partial charge in [0, 0.05) is 0 Å². The SMILES string of the molecule is CC(C)(C)C(=O)ONc1c(F)ccc(N)c1F. The van der Waals surface area contributed by atoms with Gasteiger partial charge < -0.3 is 10.6 Å². The molecule has 0 saturated heterocycles. The van der Waals surface area contributed by atoms with Crippen molar-refractivity contribution in [1.82, 2.24) is 0 Å². The van der Waals surface area contributed by atoms with E-state index in [2.05, 4.69) is 4.84 Å². The number of hydrogen-bond donors (Lipinski definition) is 2. The third-order valence-corrected chi connectivity index (χ3v) is 1.98. The molecule has 1 aromatic rings. The van der Waals surface area contributed by atoms with Gasteiger partial charge in [0.2, 0.25) is 0 Å². The molecule has 0 saturated carbocycles. The van der Waals surface area contributed by atoms with Crippen LogP contribution in [0.5, 0.6) is 0 Å². The van der Waals surface area contributed by atoms with Crippen LogP contribution in [-0.4, -0.2) is 5.97 Å². The monoisotopic (exact) mass is 244 g/mol. The molecule has 4 nitrogen and oxygen atoms in total. The molecule has 0 aliphatic carbocycles. The zero-order chi connectivity index (χ0) is 13.2. The minimum Gasteiger partial charge on any atom is -0.396 e. The smallest absolute Gasteiger partial charge is 0.337 e. The van der Waals surface area contributed by atoms with Crippen molar-refractivity contribution in [2.24, 2.45) is 5.41 Å². The summed E-state index contributed by atoms with van der Waals surface area (Å²) >= 11 is 0. The normalized spacial score (nSPS) is 11.1. The summed E-state index contributed by atoms with van der Waals surface area (Å²) in [5.74, 6) is -2.52. The average molecular weight is 244 g/mol. The Labute approximate surface area is 97.7 Å². The Morgan fingerprint density at radius 3 is 2.47 bits per heavy atom. The van der Waals surface area contributed by atoms with E-state index in [-0.39, 0.29) is 5.69 Å². The third kappa shape index (κ3) is 3.05. The molecular weight excluding hydrogens is 230 g/mol. The van der Waals surface area contributed by atoms with Gasteiger partial charge >= 0.3 is 5.97 Å². The van der Waals surface area contributed by atoms with Crippen LogP contribution in [0.2, 0.25) is 0 Å². The van der Waals surface area contributed by atoms with Crippen molar-refractivity contribution >= 4 is 17.3 Å². The Bertz CT molecular complexity index is 442. The van der Waals surface area contributed by atoms with Gasteiger partial charge in [0.1, 0.15) is 5.69 Å². The van der Waals surface area contributed by atoms with Crippen molar-refractivity contribution in [3.63, 3.8) is 0 Å². The molecule has 0 radical (unpaired) electrons. The van der Waals surface area contributed by atoms with Crippen molar-refractivity contribution < 1.29 is 18.4 Å². The van der Waals surface area contributed by atoms with Gasteiger partial charge in [-0.3, -0.25) is 0 Å². The second kappa shape index (κ2) is 4.57. The van der Waals surface area contributed by atoms with Crippen LogP contribution < -0.4 is 11.2 Å². The summed E-state index contributed by atoms with van der Waals surface area (Å²) in [6.45, 7) is 4.84. The first-order valence-electron chi connectivity index (χ1n) is 4.94. The van der Waals surface area contributed by atoms with Gasteiger partial charge in [0.25, 0.3) is 0 Å². The predicted molar refractivity (Wildman–Crippen MR) is 59.9 cm³/mol. The van der Waals surface area contributed by atoms with Crippen molar-refractivity contribution in [2.75, 3.05) is 11.2 Å². The molecule has 17 heavy (non-hydrogen) atoms. The number of nitrogens with two attached hydrogens (primary N) is 1. The van der Waals surface area contributed by atoms with E-state index >= 15 is 0 Å². The molecule has 0 heterocycles. The van der Waals surface area contributed by atoms with E-state index in [4.69, 9.17) is 5.73 Å². The molecule has 6 heteroatoms. The molecule has 0 unspecified atom stereocenters. The average Bonchev–Trinajstić information content (AvgIpc) is 2.22. The molecule has 1 rings (SSSR count). The van der Waals surface area contributed by atoms with Crippen LogP contribution in [0.4, 0.5) is 20.2 Å². The second-order valence-corrected chi connectivity index (χ2v) is 4.57. The number of benzene rings is 1. The first-order chi connectivity index (χ1) is 7.73. The lowest BCUT2D eigenvalue weighted by Gasteiger charge is -2.17. The standard InChI is InChI=1S/C11H14F2N2O2/c1-11(2,3)10(16)17-15-9-6(12)4-5-7(14)8(9)13/h4-5,15H,14H2,1-3H3. The number of rotatable bonds is 2. The van der Waals surface area contributed by atoms with Gasteiger partial charge in [-0.2, -0.15) is 0 Å². The molecule has 0 amide bonds. The summed E-state index contributed by atoms with van der Waals surface area (Å²) in [5, 5.41) is 0. The van der Waals surface area contributed by atoms with Crippen LogP contribution in [0.25, 0.3) is 0 Å². The van der Waals surface area contributed by atoms with Crippen molar-refractivity contribution in [2.45, 2.75) is 20.8 Å². The highest BCUT2D eigenvalue weighted by Gasteiger charge is 2.24. The summed E-state index contributed by atoms with van der Waals surface area (Å²) in [6, 6.07) is 2.06. The quantitative estimate of drug-likeness (QED) is 0.619. The van der Waals surface area contributed by atoms with Gasteiger partial charge in [-0.25, -0.2) is 19.1 Å². The summed E-state index contributed by atoms with van der Waals surface area (Å²) in [7, 11) is 0. The molecule has 1 aromatic carbocycles. The number of carbonyl (C=O) groups excluding carboxylic acids is 1. The highest BCUT2D eigenvalue weighted by atomic mass is 19.1. The van der Waals surface area contributed by atoms with Crippen LogP contribution >= 0.6 is 0 Å². The topological polar surface area (TPSA) is 64.3 Å². The van der Waals surface area contributed by atoms with E-state index in [0.717, 1.165) is 12.1 Å². The second-order valence-electron chi connectivity index (χ2n) is 4.57. The largest absolute Gasteiger partial charge is 0.396 e. The van der Waals surface area contributed by atoms with Gasteiger partial charge in [-0.1, -0.05) is 0 Å². The lowest BCUT2D eigenvalue weighted by Crippen LogP contribution is -2.25. The Balaban J connectivity index is 2.84. The van der Waals surface area contributed by atoms with Gasteiger partial charge in [-0.15, -0.1) is 0 Å². The number of halogens is 2. The first kappa shape index (κ1) is 13.2. The summed E-state index contributed by atoms with van der Waals surface area (Å²) in [6.07, 6.45) is 0. The molecule has 0 spiro atoms. The van der Waals surface area contributed by atoms with Crippen molar-refractivity contribution in [1.29, 1.82) is 0 Å². The Hall–Kier alpha value is -1.85. The molecule has 94 valence electrons. The highest BCUT2D eigenvalue weighted by Crippen LogP contribution is 2.24. The van der Waals surface area contributed by atoms with Gasteiger partial charge in [0.05, 0.1) is 11.1 Å². The maximum atomic E-state index is 13.4. The maximum absolute atomic E-state index is 13.4. The molecule has 0 bridgehead atoms. The summed E-state index contributed by atoms with van der Waals surface area (Å²) < 4.78 is 26.6. The molecule has 0 aromatic heterocycles. The molecular formula is C11H14F2N2O2. The lowest BCUT2D eigenvalue weighted by molar-refractivity contribution is -0.149. The maximum Gasteiger partial charge on any atom is 0.337 e. The molecule has 0 atom stereocenters. The van der Waals surface area contributed by atoms with Crippen molar-refractivity contribution in [3.05, 3.63) is 23.8 Å². The number of hydrogen-bond acceptors (Lipinski definition) is 4. The summed E-state index contributed by atoms with van der Waals surface area (Å²) in [5.41, 5.74) is 5.61. The fourth-order valence-corrected chi connectivity index (χ4v) is 0.913. The number of carbonyl (C=O) groups is 1. The van der Waals surface area contributed by atoms with E-state index in [0.29, 0.717) is 0 Å². The molecule has 0 aliphatic rings. The van der Waals surface area contributed by atoms with E-state index < -0.39 is 28.7 Å². The number of nitrogens with one attached hydrogen (secondary N) is 1. The van der Waals surface area contributed by atoms with Crippen LogP contribution in [0.3, 0.4) is 0 Å². The Morgan fingerprint density at radius 2 is 1.94 bits per heavy atom. The molecule has 0 fully saturated rings. The zero-order valence-electron chi connectivity index (χ0n) is 9.80. The third-order valence-electron chi connectivity index (χ3n) is 1.98. The van der Waals surface area contributed by atoms with Gasteiger partial charge in [0.15, 0.2) is 11.6 Å². The number of nitrogen functional groups attached to an aromatic ring is 1. The molecule has 3 N–H and O–H groups in total. The fourth-order valence-electron chi connectivity index (χ4n) is 0.913. The Morgan fingerprint density at radius 1 is 1.35 bits per heavy atom. The zero-order valence-corrected chi connectivity index (χ0v) is 9.80. The molecule has 0 aliphatic heterocycles. The predicted octanol–water partition coefficient (Wildman–Crippen LogP) is 2.46. The van der Waals surface area contributed by atoms with Crippen LogP contribution in [0, 0.1) is 17.0 Å². The highest BCUT2D eigenvalue weighted by molar-refractivity contribution is 5.76. The number of anilines is 2. The van der Waals surface area contributed by atoms with E-state index in [9.17, 15) is 13.6 Å². The fraction of sp³-hybridized carbons (Fsp3) is 0.364. The minimum atomic E-state index is -0.994. The lowest BCUT2D eigenvalue weighted by atomic mass is 9.98. The van der Waals surface area contributed by atoms with E-state index in [1.807, 2.05) is 5.48 Å². The van der Waals surface area contributed by atoms with Crippen LogP contribution in [0.15, 0.2) is 12.1 Å². The van der Waals surface area contributed by atoms with Crippen LogP contribution in [0.1, 0.15) is 20.8 Å².